The van der Waals surface area contributed by atoms with E-state index in [-0.39, 0.29) is 0 Å². The largest absolute Gasteiger partial charge is 0.381 e. The van der Waals surface area contributed by atoms with Gasteiger partial charge < -0.3 is 10.3 Å². The lowest BCUT2D eigenvalue weighted by Gasteiger charge is -2.02. The number of nitrogens with two attached hydrogens (primary N) is 1. The van der Waals surface area contributed by atoms with Crippen molar-refractivity contribution in [3.63, 3.8) is 0 Å². The summed E-state index contributed by atoms with van der Waals surface area (Å²) in [7, 11) is 0. The van der Waals surface area contributed by atoms with Crippen LogP contribution < -0.4 is 5.73 Å². The number of aromatic nitrogens is 1. The molecule has 0 bridgehead atoms. The molecule has 0 atom stereocenters. The highest BCUT2D eigenvalue weighted by molar-refractivity contribution is 6.30. The highest BCUT2D eigenvalue weighted by atomic mass is 35.5. The van der Waals surface area contributed by atoms with Crippen LogP contribution in [-0.2, 0) is 0 Å². The van der Waals surface area contributed by atoms with E-state index in [1.54, 1.807) is 0 Å². The molecule has 0 saturated heterocycles. The van der Waals surface area contributed by atoms with Gasteiger partial charge in [0.15, 0.2) is 11.6 Å². The van der Waals surface area contributed by atoms with Gasteiger partial charge in [0.2, 0.25) is 0 Å². The summed E-state index contributed by atoms with van der Waals surface area (Å²) >= 11 is 5.88. The SMILES string of the molecule is Cc1cc(Cl)ccc1-c1onc(N)c1C. The van der Waals surface area contributed by atoms with Gasteiger partial charge in [0.1, 0.15) is 0 Å². The van der Waals surface area contributed by atoms with Gasteiger partial charge in [-0.05, 0) is 37.6 Å². The molecule has 2 N–H and O–H groups in total. The maximum atomic E-state index is 5.88. The number of halogens is 1. The van der Waals surface area contributed by atoms with Crippen LogP contribution in [0.3, 0.4) is 0 Å². The van der Waals surface area contributed by atoms with Gasteiger partial charge in [-0.15, -0.1) is 0 Å². The molecule has 0 fully saturated rings. The lowest BCUT2D eigenvalue weighted by molar-refractivity contribution is 0.435. The Bertz CT molecular complexity index is 505. The number of benzene rings is 1. The zero-order valence-electron chi connectivity index (χ0n) is 8.54. The second-order valence-corrected chi connectivity index (χ2v) is 3.92. The Morgan fingerprint density at radius 2 is 2.07 bits per heavy atom. The van der Waals surface area contributed by atoms with Crippen molar-refractivity contribution in [1.29, 1.82) is 0 Å². The average Bonchev–Trinajstić information content (AvgIpc) is 2.49. The fourth-order valence-electron chi connectivity index (χ4n) is 1.48. The molecule has 2 aromatic rings. The standard InChI is InChI=1S/C11H11ClN2O/c1-6-5-8(12)3-4-9(6)10-7(2)11(13)14-15-10/h3-5H,1-2H3,(H2,13,14). The molecule has 78 valence electrons. The average molecular weight is 223 g/mol. The molecule has 1 aromatic heterocycles. The Hall–Kier alpha value is -1.48. The van der Waals surface area contributed by atoms with Gasteiger partial charge in [-0.2, -0.15) is 0 Å². The first-order chi connectivity index (χ1) is 7.09. The molecule has 0 aliphatic rings. The number of hydrogen-bond donors (Lipinski definition) is 1. The van der Waals surface area contributed by atoms with Crippen LogP contribution in [0.25, 0.3) is 11.3 Å². The Kier molecular flexibility index (Phi) is 2.40. The minimum atomic E-state index is 0.430. The minimum absolute atomic E-state index is 0.430. The van der Waals surface area contributed by atoms with Crippen LogP contribution in [0, 0.1) is 13.8 Å². The molecule has 0 aliphatic heterocycles. The summed E-state index contributed by atoms with van der Waals surface area (Å²) in [5, 5.41) is 4.44. The van der Waals surface area contributed by atoms with Crippen molar-refractivity contribution in [3.05, 3.63) is 34.3 Å². The van der Waals surface area contributed by atoms with Gasteiger partial charge >= 0.3 is 0 Å². The molecule has 0 spiro atoms. The maximum absolute atomic E-state index is 5.88. The van der Waals surface area contributed by atoms with Gasteiger partial charge in [-0.25, -0.2) is 0 Å². The third kappa shape index (κ3) is 1.70. The monoisotopic (exact) mass is 222 g/mol. The van der Waals surface area contributed by atoms with Crippen molar-refractivity contribution in [2.45, 2.75) is 13.8 Å². The molecule has 0 aliphatic carbocycles. The Labute approximate surface area is 92.8 Å². The van der Waals surface area contributed by atoms with Crippen molar-refractivity contribution in [2.24, 2.45) is 0 Å². The quantitative estimate of drug-likeness (QED) is 0.806. The molecule has 3 nitrogen and oxygen atoms in total. The molecule has 0 amide bonds. The topological polar surface area (TPSA) is 52.0 Å². The fraction of sp³-hybridized carbons (Fsp3) is 0.182. The highest BCUT2D eigenvalue weighted by Gasteiger charge is 2.13. The zero-order valence-corrected chi connectivity index (χ0v) is 9.30. The lowest BCUT2D eigenvalue weighted by Crippen LogP contribution is -1.87. The molecule has 0 unspecified atom stereocenters. The molecule has 1 aromatic carbocycles. The second kappa shape index (κ2) is 3.59. The normalized spacial score (nSPS) is 10.6. The van der Waals surface area contributed by atoms with Crippen molar-refractivity contribution in [2.75, 3.05) is 5.73 Å². The number of anilines is 1. The molecule has 4 heteroatoms. The number of nitrogens with zero attached hydrogens (tertiary/aromatic N) is 1. The van der Waals surface area contributed by atoms with Gasteiger partial charge in [-0.1, -0.05) is 16.8 Å². The fourth-order valence-corrected chi connectivity index (χ4v) is 1.71. The molecule has 0 saturated carbocycles. The van der Waals surface area contributed by atoms with E-state index in [4.69, 9.17) is 21.9 Å². The predicted molar refractivity (Wildman–Crippen MR) is 60.8 cm³/mol. The maximum Gasteiger partial charge on any atom is 0.172 e. The number of aryl methyl sites for hydroxylation is 1. The van der Waals surface area contributed by atoms with E-state index >= 15 is 0 Å². The van der Waals surface area contributed by atoms with Gasteiger partial charge in [0, 0.05) is 16.1 Å². The Morgan fingerprint density at radius 3 is 2.60 bits per heavy atom. The molecule has 2 rings (SSSR count). The Balaban J connectivity index is 2.59. The molecule has 0 radical (unpaired) electrons. The first kappa shape index (κ1) is 10.1. The van der Waals surface area contributed by atoms with Gasteiger partial charge in [0.25, 0.3) is 0 Å². The van der Waals surface area contributed by atoms with Crippen LogP contribution in [0.4, 0.5) is 5.82 Å². The number of hydrogen-bond acceptors (Lipinski definition) is 3. The van der Waals surface area contributed by atoms with E-state index in [1.165, 1.54) is 0 Å². The van der Waals surface area contributed by atoms with E-state index in [0.717, 1.165) is 16.7 Å². The van der Waals surface area contributed by atoms with Crippen LogP contribution in [-0.4, -0.2) is 5.16 Å². The summed E-state index contributed by atoms with van der Waals surface area (Å²) < 4.78 is 5.18. The summed E-state index contributed by atoms with van der Waals surface area (Å²) in [4.78, 5) is 0. The van der Waals surface area contributed by atoms with Crippen LogP contribution >= 0.6 is 11.6 Å². The summed E-state index contributed by atoms with van der Waals surface area (Å²) in [5.74, 6) is 1.14. The molecular formula is C11H11ClN2O. The first-order valence-corrected chi connectivity index (χ1v) is 4.95. The lowest BCUT2D eigenvalue weighted by atomic mass is 10.0. The number of rotatable bonds is 1. The van der Waals surface area contributed by atoms with Crippen molar-refractivity contribution in [3.8, 4) is 11.3 Å². The van der Waals surface area contributed by atoms with Crippen molar-refractivity contribution >= 4 is 17.4 Å². The third-order valence-corrected chi connectivity index (χ3v) is 2.63. The van der Waals surface area contributed by atoms with Crippen LogP contribution in [0.2, 0.25) is 5.02 Å². The summed E-state index contributed by atoms with van der Waals surface area (Å²) in [6.45, 7) is 3.86. The third-order valence-electron chi connectivity index (χ3n) is 2.39. The second-order valence-electron chi connectivity index (χ2n) is 3.48. The van der Waals surface area contributed by atoms with E-state index in [9.17, 15) is 0 Å². The first-order valence-electron chi connectivity index (χ1n) is 4.58. The number of nitrogen functional groups attached to an aromatic ring is 1. The summed E-state index contributed by atoms with van der Waals surface area (Å²) in [6.07, 6.45) is 0. The Morgan fingerprint density at radius 1 is 1.33 bits per heavy atom. The van der Waals surface area contributed by atoms with Crippen molar-refractivity contribution < 1.29 is 4.52 Å². The molecular weight excluding hydrogens is 212 g/mol. The van der Waals surface area contributed by atoms with Crippen molar-refractivity contribution in [1.82, 2.24) is 5.16 Å². The van der Waals surface area contributed by atoms with Gasteiger partial charge in [0.05, 0.1) is 0 Å². The van der Waals surface area contributed by atoms with Crippen LogP contribution in [0.15, 0.2) is 22.7 Å². The summed E-state index contributed by atoms with van der Waals surface area (Å²) in [6, 6.07) is 5.61. The van der Waals surface area contributed by atoms with E-state index in [2.05, 4.69) is 5.16 Å². The summed E-state index contributed by atoms with van der Waals surface area (Å²) in [5.41, 5.74) is 8.51. The zero-order chi connectivity index (χ0) is 11.0. The van der Waals surface area contributed by atoms with E-state index in [0.29, 0.717) is 16.6 Å². The van der Waals surface area contributed by atoms with Gasteiger partial charge in [-0.3, -0.25) is 0 Å². The predicted octanol–water partition coefficient (Wildman–Crippen LogP) is 3.19. The van der Waals surface area contributed by atoms with E-state index in [1.807, 2.05) is 32.0 Å². The molecule has 15 heavy (non-hydrogen) atoms. The minimum Gasteiger partial charge on any atom is -0.381 e. The highest BCUT2D eigenvalue weighted by Crippen LogP contribution is 2.30. The smallest absolute Gasteiger partial charge is 0.172 e. The van der Waals surface area contributed by atoms with Crippen LogP contribution in [0.1, 0.15) is 11.1 Å². The van der Waals surface area contributed by atoms with Crippen LogP contribution in [0.5, 0.6) is 0 Å². The van der Waals surface area contributed by atoms with E-state index < -0.39 is 0 Å². The molecule has 1 heterocycles.